The van der Waals surface area contributed by atoms with Crippen LogP contribution in [0.25, 0.3) is 0 Å². The molecule has 6 rings (SSSR count). The van der Waals surface area contributed by atoms with Gasteiger partial charge in [-0.25, -0.2) is 9.37 Å². The predicted octanol–water partition coefficient (Wildman–Crippen LogP) is 3.62. The number of piperazine rings is 1. The Balaban J connectivity index is 1.28. The summed E-state index contributed by atoms with van der Waals surface area (Å²) < 4.78 is 20.1. The predicted molar refractivity (Wildman–Crippen MR) is 174 cm³/mol. The van der Waals surface area contributed by atoms with E-state index in [1.807, 2.05) is 25.4 Å². The van der Waals surface area contributed by atoms with E-state index in [0.29, 0.717) is 64.0 Å². The molecular weight excluding hydrogens is 587 g/mol. The number of halogens is 1. The van der Waals surface area contributed by atoms with Gasteiger partial charge in [0.1, 0.15) is 5.82 Å². The third kappa shape index (κ3) is 6.38. The first kappa shape index (κ1) is 31.7. The molecule has 0 bridgehead atoms. The van der Waals surface area contributed by atoms with Crippen molar-refractivity contribution in [1.29, 1.82) is 5.26 Å². The number of fused-ring (bicyclic) bond motifs is 2. The van der Waals surface area contributed by atoms with Gasteiger partial charge in [-0.3, -0.25) is 9.59 Å². The molecule has 0 N–H and O–H groups in total. The van der Waals surface area contributed by atoms with Crippen molar-refractivity contribution in [2.75, 3.05) is 68.1 Å². The van der Waals surface area contributed by atoms with Crippen molar-refractivity contribution in [3.05, 3.63) is 47.4 Å². The molecule has 0 radical (unpaired) electrons. The Bertz CT molecular complexity index is 1540. The van der Waals surface area contributed by atoms with Gasteiger partial charge in [-0.05, 0) is 69.3 Å². The summed E-state index contributed by atoms with van der Waals surface area (Å²) in [5.74, 6) is 0.428. The van der Waals surface area contributed by atoms with Gasteiger partial charge < -0.3 is 29.2 Å². The lowest BCUT2D eigenvalue weighted by atomic mass is 9.97. The lowest BCUT2D eigenvalue weighted by Gasteiger charge is -2.42. The summed E-state index contributed by atoms with van der Waals surface area (Å²) in [5.41, 5.74) is 4.16. The molecule has 2 aromatic rings. The monoisotopic (exact) mass is 630 g/mol. The number of carbonyl (C=O) groups excluding carboxylic acids is 2. The van der Waals surface area contributed by atoms with Crippen LogP contribution in [-0.2, 0) is 29.0 Å². The van der Waals surface area contributed by atoms with E-state index in [4.69, 9.17) is 14.7 Å². The minimum Gasteiger partial charge on any atom is -0.478 e. The number of amides is 2. The standard InChI is InChI=1S/C34H43FN8O3/c1-23(35)34(45)43-18-17-42(22-27(43)10-13-36)32-28-12-16-41(33-31-24(11-14-37-33)8-9-30(44)40(31)3)21-25(28)20-29(38-32)46-19-5-7-26-6-4-15-39(26)2/h11,14,20,26-27H,1,4-10,12,15-19,21-22H2,2-3H3/t26-,27-/m0/s1. The van der Waals surface area contributed by atoms with E-state index in [0.717, 1.165) is 53.4 Å². The third-order valence-electron chi connectivity index (χ3n) is 9.98. The molecule has 4 aliphatic heterocycles. The number of hydrogen-bond acceptors (Lipinski definition) is 9. The van der Waals surface area contributed by atoms with Crippen LogP contribution in [0.4, 0.5) is 21.7 Å². The number of nitriles is 1. The lowest BCUT2D eigenvalue weighted by molar-refractivity contribution is -0.131. The SMILES string of the molecule is C=C(F)C(=O)N1CCN(c2nc(OCCC[C@@H]3CCCN3C)cc3c2CCN(c2nccc4c2N(C)C(=O)CC4)C3)C[C@@H]1CC#N. The molecule has 11 nitrogen and oxygen atoms in total. The summed E-state index contributed by atoms with van der Waals surface area (Å²) in [7, 11) is 4.01. The van der Waals surface area contributed by atoms with Crippen LogP contribution in [-0.4, -0.2) is 97.1 Å². The maximum Gasteiger partial charge on any atom is 0.282 e. The summed E-state index contributed by atoms with van der Waals surface area (Å²) in [6.07, 6.45) is 8.25. The van der Waals surface area contributed by atoms with E-state index in [1.54, 1.807) is 4.90 Å². The fraction of sp³-hybridized carbons (Fsp3) is 0.559. The highest BCUT2D eigenvalue weighted by molar-refractivity contribution is 5.99. The summed E-state index contributed by atoms with van der Waals surface area (Å²) in [6, 6.07) is 6.29. The summed E-state index contributed by atoms with van der Waals surface area (Å²) in [6.45, 7) is 7.20. The second-order valence-electron chi connectivity index (χ2n) is 12.8. The maximum absolute atomic E-state index is 13.8. The van der Waals surface area contributed by atoms with Crippen LogP contribution >= 0.6 is 0 Å². The Morgan fingerprint density at radius 1 is 1.11 bits per heavy atom. The largest absolute Gasteiger partial charge is 0.478 e. The topological polar surface area (TPSA) is 109 Å². The zero-order valence-electron chi connectivity index (χ0n) is 26.9. The molecule has 0 aliphatic carbocycles. The molecule has 0 saturated carbocycles. The second-order valence-corrected chi connectivity index (χ2v) is 12.8. The molecule has 46 heavy (non-hydrogen) atoms. The number of aromatic nitrogens is 2. The van der Waals surface area contributed by atoms with Gasteiger partial charge in [-0.2, -0.15) is 10.2 Å². The molecule has 4 aliphatic rings. The van der Waals surface area contributed by atoms with E-state index in [-0.39, 0.29) is 18.9 Å². The second kappa shape index (κ2) is 13.6. The molecule has 2 fully saturated rings. The Morgan fingerprint density at radius 3 is 2.72 bits per heavy atom. The van der Waals surface area contributed by atoms with Gasteiger partial charge in [0.25, 0.3) is 5.91 Å². The smallest absolute Gasteiger partial charge is 0.282 e. The van der Waals surface area contributed by atoms with Crippen LogP contribution in [0, 0.1) is 11.3 Å². The zero-order chi connectivity index (χ0) is 32.4. The van der Waals surface area contributed by atoms with Crippen molar-refractivity contribution in [2.24, 2.45) is 0 Å². The van der Waals surface area contributed by atoms with Gasteiger partial charge >= 0.3 is 0 Å². The molecule has 244 valence electrons. The number of carbonyl (C=O) groups is 2. The van der Waals surface area contributed by atoms with Crippen LogP contribution in [0.2, 0.25) is 0 Å². The van der Waals surface area contributed by atoms with Crippen LogP contribution in [0.3, 0.4) is 0 Å². The Labute approximate surface area is 270 Å². The van der Waals surface area contributed by atoms with Crippen molar-refractivity contribution in [1.82, 2.24) is 19.8 Å². The minimum absolute atomic E-state index is 0.0777. The zero-order valence-corrected chi connectivity index (χ0v) is 26.9. The molecule has 6 heterocycles. The van der Waals surface area contributed by atoms with Gasteiger partial charge in [0.05, 0.1) is 30.8 Å². The van der Waals surface area contributed by atoms with Crippen molar-refractivity contribution in [2.45, 2.75) is 70.0 Å². The van der Waals surface area contributed by atoms with E-state index < -0.39 is 17.8 Å². The molecule has 2 saturated heterocycles. The first-order chi connectivity index (χ1) is 22.2. The summed E-state index contributed by atoms with van der Waals surface area (Å²) in [4.78, 5) is 44.8. The normalized spacial score (nSPS) is 21.6. The van der Waals surface area contributed by atoms with E-state index in [2.05, 4.69) is 34.4 Å². The van der Waals surface area contributed by atoms with Gasteiger partial charge in [0, 0.05) is 70.1 Å². The number of pyridine rings is 2. The number of hydrogen-bond donors (Lipinski definition) is 0. The Kier molecular flexibility index (Phi) is 9.40. The number of aryl methyl sites for hydroxylation is 1. The minimum atomic E-state index is -1.02. The average Bonchev–Trinajstić information content (AvgIpc) is 3.47. The lowest BCUT2D eigenvalue weighted by Crippen LogP contribution is -2.55. The quantitative estimate of drug-likeness (QED) is 0.303. The van der Waals surface area contributed by atoms with Gasteiger partial charge in [0.2, 0.25) is 11.8 Å². The first-order valence-corrected chi connectivity index (χ1v) is 16.4. The molecule has 2 aromatic heterocycles. The van der Waals surface area contributed by atoms with Gasteiger partial charge in [-0.15, -0.1) is 0 Å². The van der Waals surface area contributed by atoms with Crippen LogP contribution < -0.4 is 19.4 Å². The average molecular weight is 631 g/mol. The molecule has 0 spiro atoms. The summed E-state index contributed by atoms with van der Waals surface area (Å²) in [5, 5.41) is 9.52. The van der Waals surface area contributed by atoms with Crippen molar-refractivity contribution < 1.29 is 18.7 Å². The molecule has 0 aromatic carbocycles. The molecule has 2 atom stereocenters. The first-order valence-electron chi connectivity index (χ1n) is 16.4. The van der Waals surface area contributed by atoms with Crippen molar-refractivity contribution in [3.8, 4) is 11.9 Å². The fourth-order valence-electron chi connectivity index (χ4n) is 7.45. The fourth-order valence-corrected chi connectivity index (χ4v) is 7.45. The van der Waals surface area contributed by atoms with Crippen molar-refractivity contribution in [3.63, 3.8) is 0 Å². The van der Waals surface area contributed by atoms with Crippen LogP contribution in [0.5, 0.6) is 5.88 Å². The highest BCUT2D eigenvalue weighted by Crippen LogP contribution is 2.39. The maximum atomic E-state index is 13.8. The Morgan fingerprint density at radius 2 is 1.96 bits per heavy atom. The number of rotatable bonds is 9. The van der Waals surface area contributed by atoms with Crippen LogP contribution in [0.1, 0.15) is 55.2 Å². The Hall–Kier alpha value is -4.24. The van der Waals surface area contributed by atoms with E-state index in [9.17, 15) is 19.2 Å². The highest BCUT2D eigenvalue weighted by Gasteiger charge is 2.35. The van der Waals surface area contributed by atoms with Gasteiger partial charge in [-0.1, -0.05) is 6.58 Å². The van der Waals surface area contributed by atoms with Crippen molar-refractivity contribution >= 4 is 29.1 Å². The number of anilines is 3. The number of likely N-dealkylation sites (tertiary alicyclic amines) is 1. The number of nitrogens with zero attached hydrogens (tertiary/aromatic N) is 8. The van der Waals surface area contributed by atoms with E-state index >= 15 is 0 Å². The third-order valence-corrected chi connectivity index (χ3v) is 9.98. The van der Waals surface area contributed by atoms with Crippen LogP contribution in [0.15, 0.2) is 30.7 Å². The van der Waals surface area contributed by atoms with Gasteiger partial charge in [0.15, 0.2) is 11.6 Å². The molecule has 12 heteroatoms. The molecule has 2 amide bonds. The number of ether oxygens (including phenoxy) is 1. The van der Waals surface area contributed by atoms with E-state index in [1.165, 1.54) is 17.7 Å². The highest BCUT2D eigenvalue weighted by atomic mass is 19.1. The molecular formula is C34H43FN8O3. The summed E-state index contributed by atoms with van der Waals surface area (Å²) >= 11 is 0. The molecule has 0 unspecified atom stereocenters.